The Kier molecular flexibility index (Phi) is 3.42. The highest BCUT2D eigenvalue weighted by atomic mass is 19.4. The summed E-state index contributed by atoms with van der Waals surface area (Å²) in [5, 5.41) is 0. The number of hydrogen-bond acceptors (Lipinski definition) is 2. The molecule has 0 aromatic rings. The van der Waals surface area contributed by atoms with E-state index in [-0.39, 0.29) is 18.0 Å². The summed E-state index contributed by atoms with van der Waals surface area (Å²) in [6.45, 7) is 1.32. The number of Topliss-reactive ketones (excluding diaryl/α,β-unsaturated/α-hetero) is 1. The van der Waals surface area contributed by atoms with Gasteiger partial charge in [0.1, 0.15) is 17.5 Å². The lowest BCUT2D eigenvalue weighted by Crippen LogP contribution is -2.32. The molecule has 0 spiro atoms. The smallest absolute Gasteiger partial charge is 0.398 e. The maximum absolute atomic E-state index is 12.6. The maximum Gasteiger partial charge on any atom is 0.398 e. The zero-order valence-electron chi connectivity index (χ0n) is 8.60. The lowest BCUT2D eigenvalue weighted by Gasteiger charge is -2.29. The van der Waals surface area contributed by atoms with E-state index in [9.17, 15) is 18.0 Å². The Bertz CT molecular complexity index is 281. The van der Waals surface area contributed by atoms with Gasteiger partial charge < -0.3 is 4.74 Å². The molecule has 15 heavy (non-hydrogen) atoms. The van der Waals surface area contributed by atoms with Crippen molar-refractivity contribution in [1.82, 2.24) is 0 Å². The van der Waals surface area contributed by atoms with Gasteiger partial charge in [0.2, 0.25) is 0 Å². The van der Waals surface area contributed by atoms with Gasteiger partial charge in [-0.15, -0.1) is 0 Å². The van der Waals surface area contributed by atoms with Crippen molar-refractivity contribution >= 4 is 5.78 Å². The predicted octanol–water partition coefficient (Wildman–Crippen LogP) is 2.69. The van der Waals surface area contributed by atoms with E-state index in [1.54, 1.807) is 0 Å². The molecule has 1 rings (SSSR count). The van der Waals surface area contributed by atoms with Crippen LogP contribution in [0.15, 0.2) is 11.8 Å². The lowest BCUT2D eigenvalue weighted by atomic mass is 9.83. The number of rotatable bonds is 2. The lowest BCUT2D eigenvalue weighted by molar-refractivity contribution is -0.179. The van der Waals surface area contributed by atoms with E-state index in [1.165, 1.54) is 20.1 Å². The average Bonchev–Trinajstić information content (AvgIpc) is 2.15. The van der Waals surface area contributed by atoms with Crippen LogP contribution in [-0.4, -0.2) is 19.1 Å². The fraction of sp³-hybridized carbons (Fsp3) is 0.700. The van der Waals surface area contributed by atoms with Crippen molar-refractivity contribution in [1.29, 1.82) is 0 Å². The Balaban J connectivity index is 2.88. The number of methoxy groups -OCH3 is 1. The normalized spacial score (nSPS) is 27.1. The molecular formula is C10H13F3O2. The number of allylic oxidation sites excluding steroid dienone is 2. The van der Waals surface area contributed by atoms with Gasteiger partial charge in [-0.1, -0.05) is 0 Å². The summed E-state index contributed by atoms with van der Waals surface area (Å²) < 4.78 is 42.4. The van der Waals surface area contributed by atoms with Crippen molar-refractivity contribution in [3.05, 3.63) is 11.8 Å². The van der Waals surface area contributed by atoms with Gasteiger partial charge in [0.15, 0.2) is 0 Å². The molecule has 0 fully saturated rings. The molecule has 2 atom stereocenters. The summed E-state index contributed by atoms with van der Waals surface area (Å²) in [7, 11) is 1.22. The summed E-state index contributed by atoms with van der Waals surface area (Å²) >= 11 is 0. The minimum absolute atomic E-state index is 0.0694. The monoisotopic (exact) mass is 222 g/mol. The topological polar surface area (TPSA) is 26.3 Å². The fourth-order valence-electron chi connectivity index (χ4n) is 1.75. The second-order valence-electron chi connectivity index (χ2n) is 3.68. The van der Waals surface area contributed by atoms with E-state index in [0.29, 0.717) is 6.42 Å². The molecule has 0 aromatic carbocycles. The number of hydrogen-bond donors (Lipinski definition) is 0. The number of ketones is 1. The third-order valence-electron chi connectivity index (χ3n) is 2.67. The highest BCUT2D eigenvalue weighted by molar-refractivity contribution is 5.78. The first-order chi connectivity index (χ1) is 6.86. The molecule has 1 aliphatic rings. The largest absolute Gasteiger partial charge is 0.501 e. The van der Waals surface area contributed by atoms with Crippen LogP contribution in [0.5, 0.6) is 0 Å². The highest BCUT2D eigenvalue weighted by Gasteiger charge is 2.46. The highest BCUT2D eigenvalue weighted by Crippen LogP contribution is 2.40. The van der Waals surface area contributed by atoms with Crippen LogP contribution in [0.3, 0.4) is 0 Å². The first-order valence-corrected chi connectivity index (χ1v) is 4.67. The van der Waals surface area contributed by atoms with Crippen LogP contribution in [0.1, 0.15) is 19.8 Å². The third-order valence-corrected chi connectivity index (χ3v) is 2.67. The molecule has 0 saturated heterocycles. The first kappa shape index (κ1) is 12.1. The summed E-state index contributed by atoms with van der Waals surface area (Å²) in [6, 6.07) is 0. The van der Waals surface area contributed by atoms with Gasteiger partial charge in [-0.25, -0.2) is 0 Å². The first-order valence-electron chi connectivity index (χ1n) is 4.67. The Hall–Kier alpha value is -1.00. The summed E-state index contributed by atoms with van der Waals surface area (Å²) in [4.78, 5) is 11.0. The second kappa shape index (κ2) is 4.24. The molecule has 1 aliphatic carbocycles. The quantitative estimate of drug-likeness (QED) is 0.718. The minimum Gasteiger partial charge on any atom is -0.501 e. The molecule has 0 radical (unpaired) electrons. The van der Waals surface area contributed by atoms with Crippen LogP contribution in [-0.2, 0) is 9.53 Å². The van der Waals surface area contributed by atoms with Crippen LogP contribution in [0, 0.1) is 11.8 Å². The van der Waals surface area contributed by atoms with Crippen LogP contribution >= 0.6 is 0 Å². The van der Waals surface area contributed by atoms with E-state index in [4.69, 9.17) is 0 Å². The number of alkyl halides is 3. The summed E-state index contributed by atoms with van der Waals surface area (Å²) in [5.41, 5.74) is 0. The Morgan fingerprint density at radius 2 is 2.13 bits per heavy atom. The van der Waals surface area contributed by atoms with Gasteiger partial charge in [-0.2, -0.15) is 13.2 Å². The van der Waals surface area contributed by atoms with Crippen LogP contribution in [0.25, 0.3) is 0 Å². The van der Waals surface area contributed by atoms with Gasteiger partial charge in [-0.05, 0) is 25.8 Å². The molecule has 0 aliphatic heterocycles. The minimum atomic E-state index is -4.34. The second-order valence-corrected chi connectivity index (χ2v) is 3.68. The number of carbonyl (C=O) groups is 1. The van der Waals surface area contributed by atoms with Crippen molar-refractivity contribution < 1.29 is 22.7 Å². The summed E-state index contributed by atoms with van der Waals surface area (Å²) in [6.07, 6.45) is -2.83. The average molecular weight is 222 g/mol. The molecule has 86 valence electrons. The summed E-state index contributed by atoms with van der Waals surface area (Å²) in [5.74, 6) is -2.43. The van der Waals surface area contributed by atoms with Crippen LogP contribution in [0.2, 0.25) is 0 Å². The standard InChI is InChI=1S/C10H13F3O2/c1-6(14)7-3-4-9(15-2)8(5-7)10(11,12)13/h4,7-8H,3,5H2,1-2H3. The molecule has 0 bridgehead atoms. The van der Waals surface area contributed by atoms with E-state index < -0.39 is 18.0 Å². The van der Waals surface area contributed by atoms with E-state index in [0.717, 1.165) is 0 Å². The molecule has 2 nitrogen and oxygen atoms in total. The molecule has 5 heteroatoms. The number of ether oxygens (including phenoxy) is 1. The van der Waals surface area contributed by atoms with Crippen molar-refractivity contribution in [2.75, 3.05) is 7.11 Å². The van der Waals surface area contributed by atoms with Gasteiger partial charge >= 0.3 is 6.18 Å². The van der Waals surface area contributed by atoms with E-state index >= 15 is 0 Å². The van der Waals surface area contributed by atoms with Crippen molar-refractivity contribution in [3.8, 4) is 0 Å². The molecule has 0 N–H and O–H groups in total. The van der Waals surface area contributed by atoms with Crippen molar-refractivity contribution in [2.24, 2.45) is 11.8 Å². The molecule has 0 saturated carbocycles. The van der Waals surface area contributed by atoms with Gasteiger partial charge in [0.25, 0.3) is 0 Å². The maximum atomic E-state index is 12.6. The van der Waals surface area contributed by atoms with E-state index in [2.05, 4.69) is 4.74 Å². The number of carbonyl (C=O) groups excluding carboxylic acids is 1. The van der Waals surface area contributed by atoms with Gasteiger partial charge in [0.05, 0.1) is 7.11 Å². The number of halogens is 3. The zero-order chi connectivity index (χ0) is 11.6. The Morgan fingerprint density at radius 3 is 2.53 bits per heavy atom. The van der Waals surface area contributed by atoms with Crippen molar-refractivity contribution in [3.63, 3.8) is 0 Å². The predicted molar refractivity (Wildman–Crippen MR) is 48.0 cm³/mol. The molecule has 0 aromatic heterocycles. The van der Waals surface area contributed by atoms with Crippen LogP contribution < -0.4 is 0 Å². The van der Waals surface area contributed by atoms with Gasteiger partial charge in [-0.3, -0.25) is 4.79 Å². The molecular weight excluding hydrogens is 209 g/mol. The van der Waals surface area contributed by atoms with Crippen molar-refractivity contribution in [2.45, 2.75) is 25.9 Å². The SMILES string of the molecule is COC1=CCC(C(C)=O)CC1C(F)(F)F. The Labute approximate surface area is 86.1 Å². The Morgan fingerprint density at radius 1 is 1.53 bits per heavy atom. The van der Waals surface area contributed by atoms with Gasteiger partial charge in [0, 0.05) is 5.92 Å². The molecule has 2 unspecified atom stereocenters. The fourth-order valence-corrected chi connectivity index (χ4v) is 1.75. The zero-order valence-corrected chi connectivity index (χ0v) is 8.60. The van der Waals surface area contributed by atoms with E-state index in [1.807, 2.05) is 0 Å². The van der Waals surface area contributed by atoms with Crippen LogP contribution in [0.4, 0.5) is 13.2 Å². The molecule has 0 amide bonds. The third kappa shape index (κ3) is 2.73. The molecule has 0 heterocycles.